The van der Waals surface area contributed by atoms with Crippen LogP contribution in [-0.4, -0.2) is 50.2 Å². The Morgan fingerprint density at radius 3 is 2.33 bits per heavy atom. The summed E-state index contributed by atoms with van der Waals surface area (Å²) in [5.41, 5.74) is 0. The first-order valence-corrected chi connectivity index (χ1v) is 4.41. The van der Waals surface area contributed by atoms with Crippen molar-refractivity contribution < 1.29 is 0 Å². The predicted octanol–water partition coefficient (Wildman–Crippen LogP) is -3.83. The Kier molecular flexibility index (Phi) is 8.88. The summed E-state index contributed by atoms with van der Waals surface area (Å²) in [6, 6.07) is 0. The second kappa shape index (κ2) is 8.45. The van der Waals surface area contributed by atoms with Crippen molar-refractivity contribution in [3.8, 4) is 0 Å². The molecule has 0 saturated heterocycles. The molecule has 0 aliphatic rings. The van der Waals surface area contributed by atoms with E-state index in [-0.39, 0.29) is 0 Å². The molecule has 0 fully saturated rings. The summed E-state index contributed by atoms with van der Waals surface area (Å²) in [7, 11) is 10.9. The van der Waals surface area contributed by atoms with Crippen molar-refractivity contribution in [1.29, 1.82) is 0 Å². The molecule has 0 unspecified atom stereocenters. The molecule has 42 valence electrons. The SMILES string of the molecule is BBBBBBBCC. The Bertz CT molecular complexity index is 40.2. The minimum atomic E-state index is 1.37. The van der Waals surface area contributed by atoms with Gasteiger partial charge < -0.3 is 0 Å². The van der Waals surface area contributed by atoms with Crippen LogP contribution in [0.3, 0.4) is 0 Å². The molecule has 7 heteroatoms. The summed E-state index contributed by atoms with van der Waals surface area (Å²) in [5, 5.41) is 0. The fraction of sp³-hybridized carbons (Fsp3) is 1.00. The molecule has 0 nitrogen and oxygen atoms in total. The summed E-state index contributed by atoms with van der Waals surface area (Å²) < 4.78 is 0. The van der Waals surface area contributed by atoms with Crippen LogP contribution in [0.5, 0.6) is 0 Å². The average Bonchev–Trinajstić information content (AvgIpc) is 1.89. The van der Waals surface area contributed by atoms with Crippen LogP contribution in [0, 0.1) is 0 Å². The van der Waals surface area contributed by atoms with Gasteiger partial charge in [0.25, 0.3) is 0 Å². The smallest absolute Gasteiger partial charge is 0.0772 e. The van der Waals surface area contributed by atoms with Gasteiger partial charge in [0.15, 0.2) is 0 Å². The van der Waals surface area contributed by atoms with Crippen molar-refractivity contribution in [1.82, 2.24) is 0 Å². The van der Waals surface area contributed by atoms with Crippen molar-refractivity contribution in [2.75, 3.05) is 0 Å². The second-order valence-corrected chi connectivity index (χ2v) is 2.77. The van der Waals surface area contributed by atoms with Gasteiger partial charge >= 0.3 is 0 Å². The predicted molar refractivity (Wildman–Crippen MR) is 61.9 cm³/mol. The number of hydrogen-bond donors (Lipinski definition) is 0. The van der Waals surface area contributed by atoms with Gasteiger partial charge in [0.1, 0.15) is 0 Å². The van der Waals surface area contributed by atoms with Crippen molar-refractivity contribution in [3.63, 3.8) is 0 Å². The maximum absolute atomic E-state index is 2.26. The minimum absolute atomic E-state index is 1.37. The molecule has 0 heterocycles. The maximum Gasteiger partial charge on any atom is 0.0772 e. The second-order valence-electron chi connectivity index (χ2n) is 2.77. The third kappa shape index (κ3) is 8.45. The van der Waals surface area contributed by atoms with E-state index in [0.29, 0.717) is 0 Å². The summed E-state index contributed by atoms with van der Waals surface area (Å²) in [5.74, 6) is 0. The van der Waals surface area contributed by atoms with E-state index in [2.05, 4.69) is 14.7 Å². The normalized spacial score (nSPS) is 7.22. The highest BCUT2D eigenvalue weighted by Crippen LogP contribution is 1.67. The molecule has 0 radical (unpaired) electrons. The van der Waals surface area contributed by atoms with Crippen LogP contribution < -0.4 is 0 Å². The Hall–Kier alpha value is 0.455. The van der Waals surface area contributed by atoms with Gasteiger partial charge in [-0.15, -0.1) is 0 Å². The van der Waals surface area contributed by atoms with Gasteiger partial charge in [-0.05, 0) is 0 Å². The molecule has 0 saturated carbocycles. The third-order valence-electron chi connectivity index (χ3n) is 1.71. The molecule has 0 amide bonds. The van der Waals surface area contributed by atoms with Crippen LogP contribution in [0.2, 0.25) is 6.32 Å². The van der Waals surface area contributed by atoms with E-state index >= 15 is 0 Å². The van der Waals surface area contributed by atoms with Crippen LogP contribution in [0.15, 0.2) is 0 Å². The van der Waals surface area contributed by atoms with Gasteiger partial charge in [0.05, 0.1) is 14.9 Å². The Morgan fingerprint density at radius 1 is 1.11 bits per heavy atom. The fourth-order valence-corrected chi connectivity index (χ4v) is 1.03. The summed E-state index contributed by atoms with van der Waals surface area (Å²) in [4.78, 5) is 0. The third-order valence-corrected chi connectivity index (χ3v) is 1.71. The van der Waals surface area contributed by atoms with Crippen molar-refractivity contribution in [2.45, 2.75) is 13.2 Å². The molecule has 0 aliphatic carbocycles. The molecular weight excluding hydrogens is 99.7 g/mol. The van der Waals surface area contributed by atoms with Gasteiger partial charge in [-0.2, -0.15) is 0 Å². The highest BCUT2D eigenvalue weighted by molar-refractivity contribution is 7.61. The zero-order chi connectivity index (χ0) is 6.95. The maximum atomic E-state index is 2.26. The Morgan fingerprint density at radius 2 is 1.78 bits per heavy atom. The monoisotopic (exact) mass is 114 g/mol. The van der Waals surface area contributed by atoms with E-state index in [1.807, 2.05) is 0 Å². The molecule has 0 aromatic carbocycles. The summed E-state index contributed by atoms with van der Waals surface area (Å²) >= 11 is 0. The quantitative estimate of drug-likeness (QED) is 0.244. The van der Waals surface area contributed by atoms with E-state index in [1.165, 1.54) is 48.8 Å². The Balaban J connectivity index is 2.60. The first-order valence-electron chi connectivity index (χ1n) is 4.41. The van der Waals surface area contributed by atoms with E-state index in [1.54, 1.807) is 0 Å². The topological polar surface area (TPSA) is 0 Å². The minimum Gasteiger partial charge on any atom is -0.0881 e. The van der Waals surface area contributed by atoms with Crippen molar-refractivity contribution in [3.05, 3.63) is 0 Å². The van der Waals surface area contributed by atoms with Crippen molar-refractivity contribution in [2.24, 2.45) is 0 Å². The van der Waals surface area contributed by atoms with Gasteiger partial charge in [-0.25, -0.2) is 0 Å². The van der Waals surface area contributed by atoms with E-state index < -0.39 is 0 Å². The molecule has 0 aromatic heterocycles. The van der Waals surface area contributed by atoms with Crippen LogP contribution in [0.4, 0.5) is 0 Å². The largest absolute Gasteiger partial charge is 0.0881 e. The molecular formula is C2H13B7. The van der Waals surface area contributed by atoms with Gasteiger partial charge in [0.2, 0.25) is 0 Å². The molecule has 0 rings (SSSR count). The zero-order valence-electron chi connectivity index (χ0n) is 6.95. The fourth-order valence-electron chi connectivity index (χ4n) is 1.03. The lowest BCUT2D eigenvalue weighted by molar-refractivity contribution is 1.47. The average molecular weight is 113 g/mol. The number of rotatable bonds is 6. The first kappa shape index (κ1) is 9.45. The molecule has 0 bridgehead atoms. The van der Waals surface area contributed by atoms with E-state index in [9.17, 15) is 0 Å². The molecule has 0 atom stereocenters. The van der Waals surface area contributed by atoms with Gasteiger partial charge in [0, 0.05) is 35.3 Å². The van der Waals surface area contributed by atoms with Gasteiger partial charge in [-0.3, -0.25) is 0 Å². The lowest BCUT2D eigenvalue weighted by Crippen LogP contribution is -2.26. The van der Waals surface area contributed by atoms with Gasteiger partial charge in [-0.1, -0.05) is 13.2 Å². The van der Waals surface area contributed by atoms with Crippen LogP contribution in [0.25, 0.3) is 0 Å². The van der Waals surface area contributed by atoms with Crippen molar-refractivity contribution >= 4 is 50.2 Å². The summed E-state index contributed by atoms with van der Waals surface area (Å²) in [6.45, 7) is 2.26. The van der Waals surface area contributed by atoms with E-state index in [0.717, 1.165) is 0 Å². The van der Waals surface area contributed by atoms with E-state index in [4.69, 9.17) is 0 Å². The number of hydrogen-bond acceptors (Lipinski definition) is 0. The first-order chi connectivity index (χ1) is 4.41. The van der Waals surface area contributed by atoms with Crippen LogP contribution in [-0.2, 0) is 0 Å². The van der Waals surface area contributed by atoms with Crippen LogP contribution >= 0.6 is 0 Å². The molecule has 0 N–H and O–H groups in total. The molecule has 0 spiro atoms. The molecule has 0 aromatic rings. The molecule has 0 aliphatic heterocycles. The lowest BCUT2D eigenvalue weighted by atomic mass is 8.95. The lowest BCUT2D eigenvalue weighted by Gasteiger charge is -1.87. The zero-order valence-corrected chi connectivity index (χ0v) is 6.95. The molecule has 9 heavy (non-hydrogen) atoms. The standard InChI is InChI=1S/C2H13B7/c1-2-4-6-8-9-7-5-3/h4-9H,2-3H2,1H3. The summed E-state index contributed by atoms with van der Waals surface area (Å²) in [6.07, 6.45) is 1.37. The van der Waals surface area contributed by atoms with Crippen LogP contribution in [0.1, 0.15) is 6.92 Å². The highest BCUT2D eigenvalue weighted by atomic mass is 13.3. The highest BCUT2D eigenvalue weighted by Gasteiger charge is 1.94. The Labute approximate surface area is 64.1 Å².